The van der Waals surface area contributed by atoms with Gasteiger partial charge in [0, 0.05) is 31.0 Å². The molecule has 1 aliphatic heterocycles. The van der Waals surface area contributed by atoms with Crippen LogP contribution in [0, 0.1) is 0 Å². The number of thioether (sulfide) groups is 1. The summed E-state index contributed by atoms with van der Waals surface area (Å²) < 4.78 is 23.0. The van der Waals surface area contributed by atoms with Gasteiger partial charge in [0.1, 0.15) is 0 Å². The van der Waals surface area contributed by atoms with Crippen LogP contribution in [0.1, 0.15) is 6.42 Å². The van der Waals surface area contributed by atoms with Crippen molar-refractivity contribution in [3.8, 4) is 11.4 Å². The van der Waals surface area contributed by atoms with Crippen LogP contribution in [-0.4, -0.2) is 69.7 Å². The zero-order valence-corrected chi connectivity index (χ0v) is 14.7. The summed E-state index contributed by atoms with van der Waals surface area (Å²) in [5, 5.41) is 7.39. The van der Waals surface area contributed by atoms with Crippen molar-refractivity contribution < 1.29 is 13.2 Å². The molecule has 0 saturated carbocycles. The first kappa shape index (κ1) is 16.9. The van der Waals surface area contributed by atoms with Crippen LogP contribution in [0.15, 0.2) is 29.7 Å². The first-order chi connectivity index (χ1) is 11.4. The Bertz CT molecular complexity index is 822. The van der Waals surface area contributed by atoms with E-state index in [4.69, 9.17) is 0 Å². The highest BCUT2D eigenvalue weighted by atomic mass is 32.2. The Morgan fingerprint density at radius 2 is 2.17 bits per heavy atom. The lowest BCUT2D eigenvalue weighted by molar-refractivity contribution is -0.128. The van der Waals surface area contributed by atoms with Crippen molar-refractivity contribution >= 4 is 27.5 Å². The molecule has 3 heterocycles. The van der Waals surface area contributed by atoms with E-state index < -0.39 is 9.84 Å². The molecule has 24 heavy (non-hydrogen) atoms. The number of hydrogen-bond acceptors (Lipinski definition) is 7. The predicted octanol–water partition coefficient (Wildman–Crippen LogP) is 0.604. The van der Waals surface area contributed by atoms with Crippen molar-refractivity contribution in [3.05, 3.63) is 24.5 Å². The molecule has 1 saturated heterocycles. The number of pyridine rings is 1. The van der Waals surface area contributed by atoms with Gasteiger partial charge in [-0.15, -0.1) is 5.10 Å². The number of rotatable bonds is 5. The Balaban J connectivity index is 1.56. The summed E-state index contributed by atoms with van der Waals surface area (Å²) in [6.45, 7) is 0. The van der Waals surface area contributed by atoms with Gasteiger partial charge in [-0.25, -0.2) is 13.4 Å². The molecular weight excluding hydrogens is 350 g/mol. The van der Waals surface area contributed by atoms with Gasteiger partial charge >= 0.3 is 0 Å². The first-order valence-corrected chi connectivity index (χ1v) is 10.2. The average Bonchev–Trinajstić information content (AvgIpc) is 3.19. The minimum absolute atomic E-state index is 0.0484. The molecule has 0 aliphatic carbocycles. The quantitative estimate of drug-likeness (QED) is 0.771. The zero-order chi connectivity index (χ0) is 17.2. The Kier molecular flexibility index (Phi) is 4.86. The molecule has 128 valence electrons. The van der Waals surface area contributed by atoms with Crippen LogP contribution < -0.4 is 0 Å². The van der Waals surface area contributed by atoms with E-state index in [9.17, 15) is 13.2 Å². The number of H-pyrrole nitrogens is 1. The normalized spacial score (nSPS) is 19.3. The van der Waals surface area contributed by atoms with Crippen LogP contribution in [0.25, 0.3) is 11.4 Å². The van der Waals surface area contributed by atoms with E-state index in [1.165, 1.54) is 16.7 Å². The van der Waals surface area contributed by atoms with Crippen molar-refractivity contribution in [3.63, 3.8) is 0 Å². The molecule has 0 radical (unpaired) electrons. The van der Waals surface area contributed by atoms with E-state index in [1.807, 2.05) is 12.1 Å². The molecule has 3 rings (SSSR count). The molecule has 0 aromatic carbocycles. The summed E-state index contributed by atoms with van der Waals surface area (Å²) in [7, 11) is -1.36. The van der Waals surface area contributed by atoms with E-state index >= 15 is 0 Å². The average molecular weight is 367 g/mol. The summed E-state index contributed by atoms with van der Waals surface area (Å²) in [5.74, 6) is 0.853. The van der Waals surface area contributed by atoms with Gasteiger partial charge in [-0.05, 0) is 18.6 Å². The van der Waals surface area contributed by atoms with Crippen LogP contribution in [0.3, 0.4) is 0 Å². The molecule has 1 aliphatic rings. The van der Waals surface area contributed by atoms with Crippen LogP contribution in [-0.2, 0) is 14.6 Å². The fourth-order valence-electron chi connectivity index (χ4n) is 2.46. The molecule has 2 aromatic rings. The van der Waals surface area contributed by atoms with Crippen LogP contribution >= 0.6 is 11.8 Å². The van der Waals surface area contributed by atoms with Crippen LogP contribution in [0.4, 0.5) is 0 Å². The number of nitrogens with one attached hydrogen (secondary N) is 1. The second kappa shape index (κ2) is 6.89. The van der Waals surface area contributed by atoms with E-state index in [0.29, 0.717) is 17.4 Å². The molecule has 0 unspecified atom stereocenters. The van der Waals surface area contributed by atoms with Crippen molar-refractivity contribution in [1.29, 1.82) is 0 Å². The lowest BCUT2D eigenvalue weighted by Gasteiger charge is -2.22. The third kappa shape index (κ3) is 3.93. The Morgan fingerprint density at radius 1 is 1.42 bits per heavy atom. The molecule has 1 fully saturated rings. The third-order valence-electron chi connectivity index (χ3n) is 3.89. The van der Waals surface area contributed by atoms with Gasteiger partial charge in [0.15, 0.2) is 15.7 Å². The topological polar surface area (TPSA) is 109 Å². The molecule has 0 bridgehead atoms. The molecule has 2 aromatic heterocycles. The molecule has 0 spiro atoms. The number of nitrogens with zero attached hydrogens (tertiary/aromatic N) is 4. The molecular formula is C14H17N5O3S2. The van der Waals surface area contributed by atoms with E-state index in [0.717, 1.165) is 5.56 Å². The molecule has 8 nitrogen and oxygen atoms in total. The summed E-state index contributed by atoms with van der Waals surface area (Å²) in [4.78, 5) is 22.0. The Morgan fingerprint density at radius 3 is 2.83 bits per heavy atom. The molecule has 1 N–H and O–H groups in total. The number of carbonyl (C=O) groups is 1. The Labute approximate surface area is 144 Å². The maximum Gasteiger partial charge on any atom is 0.233 e. The zero-order valence-electron chi connectivity index (χ0n) is 13.0. The van der Waals surface area contributed by atoms with Gasteiger partial charge < -0.3 is 4.90 Å². The Hall–Kier alpha value is -1.94. The summed E-state index contributed by atoms with van der Waals surface area (Å²) in [6.07, 6.45) is 3.83. The first-order valence-electron chi connectivity index (χ1n) is 7.36. The van der Waals surface area contributed by atoms with Crippen molar-refractivity contribution in [2.45, 2.75) is 17.6 Å². The molecule has 10 heteroatoms. The second-order valence-electron chi connectivity index (χ2n) is 5.55. The van der Waals surface area contributed by atoms with E-state index in [2.05, 4.69) is 20.2 Å². The van der Waals surface area contributed by atoms with Gasteiger partial charge in [0.25, 0.3) is 0 Å². The number of amides is 1. The standard InChI is InChI=1S/C14H17N5O3S2/c1-19(11-4-7-24(21,22)9-11)12(20)8-23-14-16-13(17-18-14)10-2-5-15-6-3-10/h2-3,5-6,11H,4,7-9H2,1H3,(H,16,17,18)/t11-/m0/s1. The minimum atomic E-state index is -3.00. The van der Waals surface area contributed by atoms with Gasteiger partial charge in [0.05, 0.1) is 17.3 Å². The highest BCUT2D eigenvalue weighted by Crippen LogP contribution is 2.21. The van der Waals surface area contributed by atoms with Crippen LogP contribution in [0.2, 0.25) is 0 Å². The number of hydrogen-bond donors (Lipinski definition) is 1. The number of aromatic amines is 1. The number of aromatic nitrogens is 4. The maximum atomic E-state index is 12.2. The minimum Gasteiger partial charge on any atom is -0.341 e. The van der Waals surface area contributed by atoms with Gasteiger partial charge in [-0.3, -0.25) is 14.9 Å². The molecule has 1 atom stereocenters. The predicted molar refractivity (Wildman–Crippen MR) is 90.2 cm³/mol. The van der Waals surface area contributed by atoms with E-state index in [-0.39, 0.29) is 29.2 Å². The van der Waals surface area contributed by atoms with Crippen molar-refractivity contribution in [1.82, 2.24) is 25.1 Å². The summed E-state index contributed by atoms with van der Waals surface area (Å²) >= 11 is 1.22. The number of carbonyl (C=O) groups excluding carboxylic acids is 1. The highest BCUT2D eigenvalue weighted by molar-refractivity contribution is 7.99. The van der Waals surface area contributed by atoms with Gasteiger partial charge in [0.2, 0.25) is 11.1 Å². The van der Waals surface area contributed by atoms with Crippen molar-refractivity contribution in [2.24, 2.45) is 0 Å². The second-order valence-corrected chi connectivity index (χ2v) is 8.72. The van der Waals surface area contributed by atoms with Crippen LogP contribution in [0.5, 0.6) is 0 Å². The SMILES string of the molecule is CN(C(=O)CSc1n[nH]c(-c2ccncc2)n1)[C@H]1CCS(=O)(=O)C1. The third-order valence-corrected chi connectivity index (χ3v) is 6.48. The highest BCUT2D eigenvalue weighted by Gasteiger charge is 2.32. The lowest BCUT2D eigenvalue weighted by Crippen LogP contribution is -2.38. The summed E-state index contributed by atoms with van der Waals surface area (Å²) in [6, 6.07) is 3.39. The largest absolute Gasteiger partial charge is 0.341 e. The molecule has 1 amide bonds. The fourth-order valence-corrected chi connectivity index (χ4v) is 4.96. The lowest BCUT2D eigenvalue weighted by atomic mass is 10.2. The summed E-state index contributed by atoms with van der Waals surface area (Å²) in [5.41, 5.74) is 0.865. The van der Waals surface area contributed by atoms with Gasteiger partial charge in [-0.1, -0.05) is 11.8 Å². The van der Waals surface area contributed by atoms with Gasteiger partial charge in [-0.2, -0.15) is 0 Å². The fraction of sp³-hybridized carbons (Fsp3) is 0.429. The van der Waals surface area contributed by atoms with E-state index in [1.54, 1.807) is 19.4 Å². The smallest absolute Gasteiger partial charge is 0.233 e. The monoisotopic (exact) mass is 367 g/mol. The van der Waals surface area contributed by atoms with Crippen molar-refractivity contribution in [2.75, 3.05) is 24.3 Å². The number of sulfone groups is 1. The maximum absolute atomic E-state index is 12.2.